The number of carboxylic acid groups (broad SMARTS) is 1. The second-order valence-corrected chi connectivity index (χ2v) is 8.07. The summed E-state index contributed by atoms with van der Waals surface area (Å²) in [5.74, 6) is -1.57. The molecule has 0 aliphatic carbocycles. The van der Waals surface area contributed by atoms with Crippen LogP contribution in [0.25, 0.3) is 0 Å². The Balaban J connectivity index is 2.78. The molecule has 2 unspecified atom stereocenters. The van der Waals surface area contributed by atoms with E-state index in [1.54, 1.807) is 4.90 Å². The van der Waals surface area contributed by atoms with Crippen molar-refractivity contribution >= 4 is 21.7 Å². The van der Waals surface area contributed by atoms with Crippen molar-refractivity contribution in [3.63, 3.8) is 0 Å². The monoisotopic (exact) mass is 305 g/mol. The van der Waals surface area contributed by atoms with Crippen molar-refractivity contribution in [3.05, 3.63) is 0 Å². The maximum absolute atomic E-state index is 12.3. The topological polar surface area (TPSA) is 91.7 Å². The molecule has 0 aromatic rings. The zero-order chi connectivity index (χ0) is 15.3. The van der Waals surface area contributed by atoms with Crippen molar-refractivity contribution in [1.82, 2.24) is 4.90 Å². The summed E-state index contributed by atoms with van der Waals surface area (Å²) in [6, 6.07) is 0. The molecular weight excluding hydrogens is 282 g/mol. The largest absolute Gasteiger partial charge is 0.481 e. The summed E-state index contributed by atoms with van der Waals surface area (Å²) in [5, 5.41) is 6.47. The van der Waals surface area contributed by atoms with E-state index in [1.165, 1.54) is 13.8 Å². The first-order chi connectivity index (χ1) is 9.26. The van der Waals surface area contributed by atoms with Crippen molar-refractivity contribution in [1.29, 1.82) is 0 Å². The second kappa shape index (κ2) is 7.06. The predicted molar refractivity (Wildman–Crippen MR) is 75.1 cm³/mol. The van der Waals surface area contributed by atoms with E-state index in [2.05, 4.69) is 0 Å². The number of hydrogen-bond donors (Lipinski definition) is 1. The first-order valence-corrected chi connectivity index (χ1v) is 8.61. The molecule has 1 aliphatic heterocycles. The van der Waals surface area contributed by atoms with Gasteiger partial charge in [0.1, 0.15) is 5.25 Å². The fourth-order valence-electron chi connectivity index (χ4n) is 2.40. The Kier molecular flexibility index (Phi) is 5.98. The van der Waals surface area contributed by atoms with Crippen LogP contribution in [-0.4, -0.2) is 53.9 Å². The van der Waals surface area contributed by atoms with Crippen LogP contribution in [0.15, 0.2) is 0 Å². The van der Waals surface area contributed by atoms with Crippen LogP contribution in [0.2, 0.25) is 0 Å². The highest BCUT2D eigenvalue weighted by atomic mass is 32.2. The van der Waals surface area contributed by atoms with Crippen molar-refractivity contribution in [3.8, 4) is 0 Å². The summed E-state index contributed by atoms with van der Waals surface area (Å²) in [6.07, 6.45) is 3.42. The number of carboxylic acids is 1. The Morgan fingerprint density at radius 3 is 2.05 bits per heavy atom. The number of amides is 1. The van der Waals surface area contributed by atoms with Crippen LogP contribution in [0, 0.1) is 0 Å². The van der Waals surface area contributed by atoms with Gasteiger partial charge in [-0.1, -0.05) is 12.8 Å². The number of likely N-dealkylation sites (tertiary alicyclic amines) is 1. The van der Waals surface area contributed by atoms with Gasteiger partial charge in [-0.2, -0.15) is 0 Å². The van der Waals surface area contributed by atoms with Crippen LogP contribution >= 0.6 is 0 Å². The van der Waals surface area contributed by atoms with E-state index in [1.807, 2.05) is 0 Å². The quantitative estimate of drug-likeness (QED) is 0.820. The second-order valence-electron chi connectivity index (χ2n) is 5.38. The molecule has 1 heterocycles. The molecule has 0 aromatic carbocycles. The summed E-state index contributed by atoms with van der Waals surface area (Å²) < 4.78 is 24.5. The minimum Gasteiger partial charge on any atom is -0.481 e. The van der Waals surface area contributed by atoms with Crippen molar-refractivity contribution in [2.24, 2.45) is 0 Å². The highest BCUT2D eigenvalue weighted by molar-refractivity contribution is 7.93. The maximum atomic E-state index is 12.3. The van der Waals surface area contributed by atoms with E-state index in [-0.39, 0.29) is 0 Å². The Bertz CT molecular complexity index is 451. The third-order valence-corrected chi connectivity index (χ3v) is 6.26. The molecule has 0 bridgehead atoms. The molecular formula is C13H23NO5S. The van der Waals surface area contributed by atoms with Gasteiger partial charge < -0.3 is 10.0 Å². The van der Waals surface area contributed by atoms with Crippen LogP contribution in [0.5, 0.6) is 0 Å². The molecule has 1 rings (SSSR count). The molecule has 1 saturated heterocycles. The highest BCUT2D eigenvalue weighted by Gasteiger charge is 2.36. The fourth-order valence-corrected chi connectivity index (χ4v) is 3.90. The molecule has 116 valence electrons. The van der Waals surface area contributed by atoms with Gasteiger partial charge in [-0.05, 0) is 26.7 Å². The fraction of sp³-hybridized carbons (Fsp3) is 0.846. The molecule has 2 atom stereocenters. The number of nitrogens with zero attached hydrogens (tertiary/aromatic N) is 1. The van der Waals surface area contributed by atoms with Gasteiger partial charge in [0.05, 0.1) is 11.7 Å². The van der Waals surface area contributed by atoms with Crippen molar-refractivity contribution in [2.45, 2.75) is 56.5 Å². The Labute approximate surface area is 120 Å². The zero-order valence-electron chi connectivity index (χ0n) is 12.0. The van der Waals surface area contributed by atoms with E-state index in [0.29, 0.717) is 13.1 Å². The molecule has 1 fully saturated rings. The lowest BCUT2D eigenvalue weighted by Gasteiger charge is -2.25. The van der Waals surface area contributed by atoms with Crippen LogP contribution in [0.3, 0.4) is 0 Å². The average molecular weight is 305 g/mol. The first-order valence-electron chi connectivity index (χ1n) is 7.00. The number of hydrogen-bond acceptors (Lipinski definition) is 4. The molecule has 0 saturated carbocycles. The Morgan fingerprint density at radius 1 is 1.10 bits per heavy atom. The lowest BCUT2D eigenvalue weighted by molar-refractivity contribution is -0.137. The molecule has 1 aliphatic rings. The van der Waals surface area contributed by atoms with Crippen LogP contribution < -0.4 is 0 Å². The van der Waals surface area contributed by atoms with Gasteiger partial charge in [0, 0.05) is 13.1 Å². The van der Waals surface area contributed by atoms with Gasteiger partial charge in [0.2, 0.25) is 5.91 Å². The highest BCUT2D eigenvalue weighted by Crippen LogP contribution is 2.17. The third kappa shape index (κ3) is 4.19. The Hall–Kier alpha value is -1.11. The van der Waals surface area contributed by atoms with Gasteiger partial charge in [-0.3, -0.25) is 9.59 Å². The lowest BCUT2D eigenvalue weighted by atomic mass is 10.2. The Morgan fingerprint density at radius 2 is 1.60 bits per heavy atom. The smallest absolute Gasteiger partial charge is 0.304 e. The van der Waals surface area contributed by atoms with Gasteiger partial charge in [0.25, 0.3) is 0 Å². The molecule has 1 amide bonds. The lowest BCUT2D eigenvalue weighted by Crippen LogP contribution is -2.44. The van der Waals surface area contributed by atoms with E-state index < -0.39 is 38.6 Å². The van der Waals surface area contributed by atoms with Crippen molar-refractivity contribution in [2.75, 3.05) is 13.1 Å². The molecule has 0 radical (unpaired) electrons. The summed E-state index contributed by atoms with van der Waals surface area (Å²) in [5.41, 5.74) is 0. The minimum absolute atomic E-state index is 0.399. The summed E-state index contributed by atoms with van der Waals surface area (Å²) in [6.45, 7) is 3.88. The molecule has 1 N–H and O–H groups in total. The minimum atomic E-state index is -3.77. The predicted octanol–water partition coefficient (Wildman–Crippen LogP) is 1.06. The summed E-state index contributed by atoms with van der Waals surface area (Å²) in [7, 11) is -3.77. The van der Waals surface area contributed by atoms with Crippen molar-refractivity contribution < 1.29 is 23.1 Å². The molecule has 0 aromatic heterocycles. The molecule has 20 heavy (non-hydrogen) atoms. The number of carbonyl (C=O) groups excluding carboxylic acids is 1. The SMILES string of the molecule is CC(CC(=O)O)S(=O)(=O)C(C)C(=O)N1CCCCCC1. The van der Waals surface area contributed by atoms with E-state index in [9.17, 15) is 18.0 Å². The number of aliphatic carboxylic acids is 1. The van der Waals surface area contributed by atoms with Crippen LogP contribution in [0.4, 0.5) is 0 Å². The van der Waals surface area contributed by atoms with Crippen LogP contribution in [0.1, 0.15) is 46.0 Å². The van der Waals surface area contributed by atoms with Gasteiger partial charge >= 0.3 is 5.97 Å². The standard InChI is InChI=1S/C13H23NO5S/c1-10(9-12(15)16)20(18,19)11(2)13(17)14-7-5-3-4-6-8-14/h10-11H,3-9H2,1-2H3,(H,15,16). The van der Waals surface area contributed by atoms with Crippen LogP contribution in [-0.2, 0) is 19.4 Å². The van der Waals surface area contributed by atoms with Gasteiger partial charge in [-0.15, -0.1) is 0 Å². The number of carbonyl (C=O) groups is 2. The normalized spacial score (nSPS) is 20.0. The van der Waals surface area contributed by atoms with E-state index in [4.69, 9.17) is 5.11 Å². The number of sulfone groups is 1. The van der Waals surface area contributed by atoms with Gasteiger partial charge in [0.15, 0.2) is 9.84 Å². The first kappa shape index (κ1) is 16.9. The zero-order valence-corrected chi connectivity index (χ0v) is 12.9. The summed E-state index contributed by atoms with van der Waals surface area (Å²) >= 11 is 0. The van der Waals surface area contributed by atoms with E-state index in [0.717, 1.165) is 25.7 Å². The third-order valence-electron chi connectivity index (χ3n) is 3.78. The number of rotatable bonds is 5. The van der Waals surface area contributed by atoms with E-state index >= 15 is 0 Å². The molecule has 7 heteroatoms. The summed E-state index contributed by atoms with van der Waals surface area (Å²) in [4.78, 5) is 24.5. The van der Waals surface area contributed by atoms with Gasteiger partial charge in [-0.25, -0.2) is 8.42 Å². The average Bonchev–Trinajstić information content (AvgIpc) is 2.64. The molecule has 0 spiro atoms. The maximum Gasteiger partial charge on any atom is 0.304 e. The molecule has 6 nitrogen and oxygen atoms in total.